The van der Waals surface area contributed by atoms with Crippen molar-refractivity contribution in [3.63, 3.8) is 0 Å². The van der Waals surface area contributed by atoms with Crippen molar-refractivity contribution in [2.24, 2.45) is 34.5 Å². The fourth-order valence-corrected chi connectivity index (χ4v) is 8.69. The molecule has 1 saturated heterocycles. The van der Waals surface area contributed by atoms with E-state index in [1.54, 1.807) is 0 Å². The molecule has 4 aliphatic carbocycles. The summed E-state index contributed by atoms with van der Waals surface area (Å²) in [6.07, 6.45) is 13.6. The summed E-state index contributed by atoms with van der Waals surface area (Å²) in [6.45, 7) is 13.1. The van der Waals surface area contributed by atoms with Gasteiger partial charge in [0.2, 0.25) is 0 Å². The van der Waals surface area contributed by atoms with Crippen LogP contribution >= 0.6 is 0 Å². The van der Waals surface area contributed by atoms with Crippen molar-refractivity contribution in [1.29, 1.82) is 0 Å². The Bertz CT molecular complexity index is 1000. The lowest BCUT2D eigenvalue weighted by molar-refractivity contribution is -0.140. The SMILES string of the molecule is C=C1/C(=C\C=C2/CCC[C@]3(C)[C@@H]([C@H](C)C[C@H]4OC(=O)C(=C)C45CC5)CC[C@@H]23)C[C@@H](O)[C@H](CCCO)[C@@H]1O. The van der Waals surface area contributed by atoms with E-state index in [1.165, 1.54) is 31.3 Å². The Kier molecular flexibility index (Phi) is 7.36. The van der Waals surface area contributed by atoms with E-state index in [0.717, 1.165) is 31.3 Å². The molecule has 5 fully saturated rings. The van der Waals surface area contributed by atoms with E-state index < -0.39 is 12.2 Å². The predicted octanol–water partition coefficient (Wildman–Crippen LogP) is 5.41. The molecule has 0 bridgehead atoms. The van der Waals surface area contributed by atoms with Crippen molar-refractivity contribution in [2.45, 2.75) is 103 Å². The highest BCUT2D eigenvalue weighted by Crippen LogP contribution is 2.63. The highest BCUT2D eigenvalue weighted by Gasteiger charge is 2.61. The second-order valence-electron chi connectivity index (χ2n) is 13.0. The number of rotatable bonds is 7. The summed E-state index contributed by atoms with van der Waals surface area (Å²) in [6, 6.07) is 0. The van der Waals surface area contributed by atoms with Gasteiger partial charge < -0.3 is 20.1 Å². The number of hydrogen-bond acceptors (Lipinski definition) is 5. The minimum atomic E-state index is -0.760. The fraction of sp³-hybridized carbons (Fsp3) is 0.719. The maximum atomic E-state index is 12.2. The van der Waals surface area contributed by atoms with Gasteiger partial charge in [0.15, 0.2) is 0 Å². The molecule has 37 heavy (non-hydrogen) atoms. The number of fused-ring (bicyclic) bond motifs is 1. The van der Waals surface area contributed by atoms with Crippen molar-refractivity contribution in [2.75, 3.05) is 6.61 Å². The number of aliphatic hydroxyl groups excluding tert-OH is 3. The van der Waals surface area contributed by atoms with E-state index in [1.807, 2.05) is 0 Å². The molecular weight excluding hydrogens is 464 g/mol. The average Bonchev–Trinajstić information content (AvgIpc) is 3.54. The minimum absolute atomic E-state index is 0.00450. The quantitative estimate of drug-likeness (QED) is 0.315. The molecule has 5 heteroatoms. The molecule has 0 aromatic rings. The third kappa shape index (κ3) is 4.59. The first-order chi connectivity index (χ1) is 17.6. The van der Waals surface area contributed by atoms with Gasteiger partial charge in [-0.15, -0.1) is 0 Å². The summed E-state index contributed by atoms with van der Waals surface area (Å²) in [5, 5.41) is 30.6. The van der Waals surface area contributed by atoms with Crippen LogP contribution in [0.25, 0.3) is 0 Å². The van der Waals surface area contributed by atoms with Crippen LogP contribution in [0.4, 0.5) is 0 Å². The fourth-order valence-electron chi connectivity index (χ4n) is 8.69. The molecule has 0 radical (unpaired) electrons. The van der Waals surface area contributed by atoms with Crippen molar-refractivity contribution < 1.29 is 24.9 Å². The number of ether oxygens (including phenoxy) is 1. The van der Waals surface area contributed by atoms with Gasteiger partial charge in [0.25, 0.3) is 0 Å². The first-order valence-corrected chi connectivity index (χ1v) is 14.6. The van der Waals surface area contributed by atoms with Crippen LogP contribution in [0.5, 0.6) is 0 Å². The molecule has 8 atom stereocenters. The van der Waals surface area contributed by atoms with Gasteiger partial charge in [-0.1, -0.05) is 44.7 Å². The second kappa shape index (κ2) is 10.1. The molecule has 5 nitrogen and oxygen atoms in total. The third-order valence-corrected chi connectivity index (χ3v) is 11.1. The van der Waals surface area contributed by atoms with Crippen LogP contribution in [0.3, 0.4) is 0 Å². The third-order valence-electron chi connectivity index (χ3n) is 11.1. The Morgan fingerprint density at radius 1 is 1.16 bits per heavy atom. The molecule has 3 N–H and O–H groups in total. The highest BCUT2D eigenvalue weighted by molar-refractivity contribution is 5.93. The van der Waals surface area contributed by atoms with Crippen LogP contribution in [0.1, 0.15) is 84.5 Å². The van der Waals surface area contributed by atoms with Crippen molar-refractivity contribution in [3.05, 3.63) is 47.6 Å². The summed E-state index contributed by atoms with van der Waals surface area (Å²) in [7, 11) is 0. The molecule has 1 aliphatic heterocycles. The van der Waals surface area contributed by atoms with Crippen molar-refractivity contribution >= 4 is 5.97 Å². The van der Waals surface area contributed by atoms with Crippen LogP contribution in [-0.2, 0) is 9.53 Å². The van der Waals surface area contributed by atoms with Gasteiger partial charge in [-0.2, -0.15) is 0 Å². The van der Waals surface area contributed by atoms with Gasteiger partial charge >= 0.3 is 5.97 Å². The summed E-state index contributed by atoms with van der Waals surface area (Å²) < 4.78 is 5.81. The van der Waals surface area contributed by atoms with Crippen LogP contribution in [0, 0.1) is 34.5 Å². The summed E-state index contributed by atoms with van der Waals surface area (Å²) >= 11 is 0. The first kappa shape index (κ1) is 26.9. The molecule has 5 rings (SSSR count). The molecule has 0 aromatic heterocycles. The predicted molar refractivity (Wildman–Crippen MR) is 144 cm³/mol. The molecule has 1 spiro atoms. The lowest BCUT2D eigenvalue weighted by Crippen LogP contribution is -2.38. The smallest absolute Gasteiger partial charge is 0.334 e. The molecule has 4 saturated carbocycles. The summed E-state index contributed by atoms with van der Waals surface area (Å²) in [5.74, 6) is 1.21. The first-order valence-electron chi connectivity index (χ1n) is 14.6. The van der Waals surface area contributed by atoms with E-state index in [0.29, 0.717) is 48.2 Å². The monoisotopic (exact) mass is 510 g/mol. The molecule has 1 heterocycles. The van der Waals surface area contributed by atoms with Crippen molar-refractivity contribution in [1.82, 2.24) is 0 Å². The Hall–Kier alpha value is -1.69. The van der Waals surface area contributed by atoms with E-state index >= 15 is 0 Å². The Balaban J connectivity index is 1.28. The van der Waals surface area contributed by atoms with Gasteiger partial charge in [-0.25, -0.2) is 4.79 Å². The topological polar surface area (TPSA) is 87.0 Å². The number of hydrogen-bond donors (Lipinski definition) is 3. The maximum absolute atomic E-state index is 12.2. The van der Waals surface area contributed by atoms with Gasteiger partial charge in [0.05, 0.1) is 12.2 Å². The van der Waals surface area contributed by atoms with Gasteiger partial charge in [-0.3, -0.25) is 0 Å². The van der Waals surface area contributed by atoms with E-state index in [4.69, 9.17) is 9.84 Å². The average molecular weight is 511 g/mol. The molecule has 5 aliphatic rings. The molecular formula is C32H46O5. The number of carbonyl (C=O) groups is 1. The van der Waals surface area contributed by atoms with Gasteiger partial charge in [-0.05, 0) is 105 Å². The van der Waals surface area contributed by atoms with Crippen LogP contribution in [0.15, 0.2) is 47.6 Å². The largest absolute Gasteiger partial charge is 0.458 e. The minimum Gasteiger partial charge on any atom is -0.458 e. The normalized spacial score (nSPS) is 41.9. The zero-order valence-corrected chi connectivity index (χ0v) is 22.8. The van der Waals surface area contributed by atoms with E-state index in [-0.39, 0.29) is 35.4 Å². The molecule has 204 valence electrons. The molecule has 0 aromatic carbocycles. The van der Waals surface area contributed by atoms with Crippen LogP contribution in [-0.4, -0.2) is 46.2 Å². The van der Waals surface area contributed by atoms with Gasteiger partial charge in [0.1, 0.15) is 6.10 Å². The number of cyclic esters (lactones) is 1. The Morgan fingerprint density at radius 2 is 1.92 bits per heavy atom. The molecule has 0 amide bonds. The Morgan fingerprint density at radius 3 is 2.62 bits per heavy atom. The van der Waals surface area contributed by atoms with Crippen molar-refractivity contribution in [3.8, 4) is 0 Å². The highest BCUT2D eigenvalue weighted by atomic mass is 16.6. The van der Waals surface area contributed by atoms with Crippen LogP contribution in [0.2, 0.25) is 0 Å². The lowest BCUT2D eigenvalue weighted by Gasteiger charge is -2.45. The molecule has 0 unspecified atom stereocenters. The summed E-state index contributed by atoms with van der Waals surface area (Å²) in [5.41, 5.74) is 4.04. The number of allylic oxidation sites excluding steroid dienone is 3. The van der Waals surface area contributed by atoms with E-state index in [9.17, 15) is 15.0 Å². The second-order valence-corrected chi connectivity index (χ2v) is 13.0. The zero-order valence-electron chi connectivity index (χ0n) is 22.8. The standard InChI is InChI=1S/C32H46O5/c1-19(17-28-32(14-15-32)21(3)30(36)37-28)25-11-12-26-22(7-5-13-31(25,26)4)9-10-23-18-27(34)24(8-6-16-33)29(35)20(23)2/h9-10,19,24-29,33-35H,2-3,5-8,11-18H2,1,4H3/b22-9+,23-10-/t19-,24+,25-,26+,27-,28-,29-,31-/m1/s1. The maximum Gasteiger partial charge on any atom is 0.334 e. The zero-order chi connectivity index (χ0) is 26.5. The van der Waals surface area contributed by atoms with Crippen LogP contribution < -0.4 is 0 Å². The van der Waals surface area contributed by atoms with E-state index in [2.05, 4.69) is 39.2 Å². The van der Waals surface area contributed by atoms with Gasteiger partial charge in [0, 0.05) is 23.5 Å². The summed E-state index contributed by atoms with van der Waals surface area (Å²) in [4.78, 5) is 12.2. The number of carbonyl (C=O) groups excluding carboxylic acids is 1. The number of esters is 1. The lowest BCUT2D eigenvalue weighted by atomic mass is 9.60. The Labute approximate surface area is 222 Å². The number of aliphatic hydroxyl groups is 3.